The predicted octanol–water partition coefficient (Wildman–Crippen LogP) is 4.89. The van der Waals surface area contributed by atoms with Crippen molar-refractivity contribution in [2.75, 3.05) is 17.8 Å². The van der Waals surface area contributed by atoms with Crippen molar-refractivity contribution in [3.63, 3.8) is 0 Å². The van der Waals surface area contributed by atoms with Gasteiger partial charge in [-0.05, 0) is 85.7 Å². The number of hydrogen-bond donors (Lipinski definition) is 4. The van der Waals surface area contributed by atoms with Crippen molar-refractivity contribution in [2.45, 2.75) is 74.9 Å². The van der Waals surface area contributed by atoms with Gasteiger partial charge >= 0.3 is 5.69 Å². The number of H-pyrrole nitrogens is 1. The van der Waals surface area contributed by atoms with Crippen molar-refractivity contribution in [1.82, 2.24) is 19.9 Å². The lowest BCUT2D eigenvalue weighted by molar-refractivity contribution is 0.146. The molecule has 0 saturated heterocycles. The molecule has 1 aliphatic carbocycles. The molecule has 45 heavy (non-hydrogen) atoms. The van der Waals surface area contributed by atoms with Crippen LogP contribution in [0, 0.1) is 5.92 Å². The number of benzene rings is 2. The first-order valence-corrected chi connectivity index (χ1v) is 17.3. The molecule has 0 amide bonds. The molecule has 4 aromatic rings. The summed E-state index contributed by atoms with van der Waals surface area (Å²) in [6.07, 6.45) is 14.3. The van der Waals surface area contributed by atoms with Crippen LogP contribution in [-0.4, -0.2) is 47.3 Å². The van der Waals surface area contributed by atoms with Crippen molar-refractivity contribution >= 4 is 15.7 Å². The molecule has 2 aliphatic rings. The Morgan fingerprint density at radius 2 is 1.93 bits per heavy atom. The summed E-state index contributed by atoms with van der Waals surface area (Å²) in [6.45, 7) is 0.973. The third-order valence-electron chi connectivity index (χ3n) is 8.85. The molecule has 2 unspecified atom stereocenters. The van der Waals surface area contributed by atoms with Crippen LogP contribution in [0.4, 0.5) is 5.69 Å². The summed E-state index contributed by atoms with van der Waals surface area (Å²) in [6, 6.07) is 15.3. The van der Waals surface area contributed by atoms with Crippen LogP contribution in [0.2, 0.25) is 0 Å². The molecule has 1 saturated carbocycles. The first kappa shape index (κ1) is 31.1. The quantitative estimate of drug-likeness (QED) is 0.145. The van der Waals surface area contributed by atoms with E-state index in [0.717, 1.165) is 54.2 Å². The van der Waals surface area contributed by atoms with E-state index in [1.807, 2.05) is 18.3 Å². The van der Waals surface area contributed by atoms with Crippen LogP contribution in [0.5, 0.6) is 5.75 Å². The largest absolute Gasteiger partial charge is 0.489 e. The maximum Gasteiger partial charge on any atom is 0.330 e. The van der Waals surface area contributed by atoms with E-state index in [2.05, 4.69) is 20.0 Å². The Morgan fingerprint density at radius 3 is 2.69 bits per heavy atom. The number of sulfonamides is 1. The first-order valence-electron chi connectivity index (χ1n) is 15.9. The van der Waals surface area contributed by atoms with Gasteiger partial charge in [-0.25, -0.2) is 13.2 Å². The summed E-state index contributed by atoms with van der Waals surface area (Å²) >= 11 is 0. The minimum Gasteiger partial charge on any atom is -0.489 e. The van der Waals surface area contributed by atoms with Crippen molar-refractivity contribution < 1.29 is 18.3 Å². The highest BCUT2D eigenvalue weighted by molar-refractivity contribution is 7.92. The van der Waals surface area contributed by atoms with Crippen LogP contribution >= 0.6 is 0 Å². The zero-order valence-electron chi connectivity index (χ0n) is 25.3. The Morgan fingerprint density at radius 1 is 1.09 bits per heavy atom. The van der Waals surface area contributed by atoms with E-state index in [0.29, 0.717) is 24.5 Å². The monoisotopic (exact) mass is 631 g/mol. The number of aliphatic hydroxyl groups excluding tert-OH is 1. The fraction of sp³-hybridized carbons (Fsp3) is 0.412. The number of pyridine rings is 1. The molecule has 10 nitrogen and oxygen atoms in total. The summed E-state index contributed by atoms with van der Waals surface area (Å²) in [5, 5.41) is 13.6. The highest BCUT2D eigenvalue weighted by Crippen LogP contribution is 2.32. The number of aliphatic hydroxyl groups is 1. The van der Waals surface area contributed by atoms with Gasteiger partial charge in [-0.15, -0.1) is 0 Å². The van der Waals surface area contributed by atoms with Crippen LogP contribution in [-0.2, 0) is 22.9 Å². The number of anilines is 1. The topological polar surface area (TPSA) is 138 Å². The van der Waals surface area contributed by atoms with Crippen molar-refractivity contribution in [3.8, 4) is 11.4 Å². The highest BCUT2D eigenvalue weighted by atomic mass is 32.2. The van der Waals surface area contributed by atoms with Gasteiger partial charge in [0.15, 0.2) is 0 Å². The lowest BCUT2D eigenvalue weighted by atomic mass is 9.82. The Labute approximate surface area is 263 Å². The average Bonchev–Trinajstić information content (AvgIpc) is 3.40. The van der Waals surface area contributed by atoms with Crippen LogP contribution in [0.25, 0.3) is 5.69 Å². The minimum absolute atomic E-state index is 0.0554. The van der Waals surface area contributed by atoms with E-state index in [4.69, 9.17) is 4.74 Å². The number of rotatable bonds is 14. The Hall–Kier alpha value is -3.93. The van der Waals surface area contributed by atoms with E-state index < -0.39 is 16.1 Å². The van der Waals surface area contributed by atoms with E-state index >= 15 is 0 Å². The lowest BCUT2D eigenvalue weighted by Gasteiger charge is -2.27. The zero-order valence-corrected chi connectivity index (χ0v) is 26.1. The number of nitrogens with zero attached hydrogens (tertiary/aromatic N) is 2. The van der Waals surface area contributed by atoms with E-state index in [9.17, 15) is 18.3 Å². The van der Waals surface area contributed by atoms with Crippen LogP contribution in [0.3, 0.4) is 0 Å². The molecule has 11 heteroatoms. The Balaban J connectivity index is 1.01. The molecule has 0 radical (unpaired) electrons. The number of aromatic amines is 1. The maximum absolute atomic E-state index is 13.2. The predicted molar refractivity (Wildman–Crippen MR) is 173 cm³/mol. The summed E-state index contributed by atoms with van der Waals surface area (Å²) in [4.78, 5) is 19.7. The molecule has 238 valence electrons. The van der Waals surface area contributed by atoms with Gasteiger partial charge < -0.3 is 20.1 Å². The van der Waals surface area contributed by atoms with Gasteiger partial charge in [0.1, 0.15) is 11.9 Å². The van der Waals surface area contributed by atoms with Crippen LogP contribution in [0.1, 0.15) is 67.9 Å². The summed E-state index contributed by atoms with van der Waals surface area (Å²) in [5.41, 5.74) is 3.43. The number of nitrogens with one attached hydrogen (secondary N) is 3. The summed E-state index contributed by atoms with van der Waals surface area (Å²) < 4.78 is 36.7. The lowest BCUT2D eigenvalue weighted by Crippen LogP contribution is -2.36. The first-order chi connectivity index (χ1) is 21.8. The van der Waals surface area contributed by atoms with E-state index in [-0.39, 0.29) is 16.7 Å². The van der Waals surface area contributed by atoms with Gasteiger partial charge in [0.25, 0.3) is 10.0 Å². The zero-order chi connectivity index (χ0) is 31.2. The summed E-state index contributed by atoms with van der Waals surface area (Å²) in [7, 11) is -3.84. The number of imidazole rings is 1. The third-order valence-corrected chi connectivity index (χ3v) is 10.2. The highest BCUT2D eigenvalue weighted by Gasteiger charge is 2.22. The van der Waals surface area contributed by atoms with Crippen LogP contribution in [0.15, 0.2) is 82.9 Å². The molecule has 2 atom stereocenters. The summed E-state index contributed by atoms with van der Waals surface area (Å²) in [5.74, 6) is 1.62. The third kappa shape index (κ3) is 7.84. The van der Waals surface area contributed by atoms with Gasteiger partial charge in [-0.3, -0.25) is 14.3 Å². The number of fused-ring (bicyclic) bond motifs is 1. The molecule has 0 bridgehead atoms. The van der Waals surface area contributed by atoms with Gasteiger partial charge in [-0.2, -0.15) is 0 Å². The minimum atomic E-state index is -3.84. The second kappa shape index (κ2) is 14.0. The molecule has 2 aromatic heterocycles. The second-order valence-electron chi connectivity index (χ2n) is 12.2. The molecule has 1 fully saturated rings. The maximum atomic E-state index is 13.2. The molecule has 3 heterocycles. The number of aromatic nitrogens is 3. The van der Waals surface area contributed by atoms with Crippen molar-refractivity contribution in [3.05, 3.63) is 100 Å². The molecule has 0 spiro atoms. The fourth-order valence-corrected chi connectivity index (χ4v) is 7.07. The molecule has 2 aromatic carbocycles. The van der Waals surface area contributed by atoms with Gasteiger partial charge in [0.2, 0.25) is 0 Å². The molecular weight excluding hydrogens is 590 g/mol. The standard InChI is InChI=1S/C34H41N5O5S/c40-32(26-8-4-18-35-20-26)22-36-21-30-14-10-25-19-27(11-17-33(25)44-30)38-45(42,43)31-15-12-29(13-16-31)39-23-28(37-34(39)41)9-2-1-5-24-6-3-7-24/h4,8,11-13,15-20,23-24,30,32,36,38,40H,1-3,5-7,9-10,14,21-22H2,(H,37,41). The number of hydrogen-bond acceptors (Lipinski definition) is 7. The van der Waals surface area contributed by atoms with Gasteiger partial charge in [0, 0.05) is 48.6 Å². The van der Waals surface area contributed by atoms with E-state index in [1.165, 1.54) is 48.8 Å². The van der Waals surface area contributed by atoms with Crippen LogP contribution < -0.4 is 20.5 Å². The van der Waals surface area contributed by atoms with Gasteiger partial charge in [-0.1, -0.05) is 38.2 Å². The second-order valence-corrected chi connectivity index (χ2v) is 13.8. The number of aryl methyl sites for hydroxylation is 2. The van der Waals surface area contributed by atoms with E-state index in [1.54, 1.807) is 42.7 Å². The SMILES string of the molecule is O=c1[nH]c(CCCCC2CCC2)cn1-c1ccc(S(=O)(=O)Nc2ccc3c(c2)CCC(CNCC(O)c2cccnc2)O3)cc1. The van der Waals surface area contributed by atoms with Crippen molar-refractivity contribution in [1.29, 1.82) is 0 Å². The normalized spacial score (nSPS) is 17.2. The molecule has 4 N–H and O–H groups in total. The van der Waals surface area contributed by atoms with Gasteiger partial charge in [0.05, 0.1) is 16.7 Å². The number of ether oxygens (including phenoxy) is 1. The number of unbranched alkanes of at least 4 members (excludes halogenated alkanes) is 1. The molecule has 6 rings (SSSR count). The molecular formula is C34H41N5O5S. The Bertz CT molecular complexity index is 1730. The smallest absolute Gasteiger partial charge is 0.330 e. The molecule has 1 aliphatic heterocycles. The van der Waals surface area contributed by atoms with Crippen molar-refractivity contribution in [2.24, 2.45) is 5.92 Å². The average molecular weight is 632 g/mol. The Kier molecular flexibility index (Phi) is 9.67. The fourth-order valence-electron chi connectivity index (χ4n) is 6.02.